The number of rotatable bonds is 8. The molecule has 0 bridgehead atoms. The molecule has 0 spiro atoms. The van der Waals surface area contributed by atoms with Crippen LogP contribution in [0.25, 0.3) is 0 Å². The summed E-state index contributed by atoms with van der Waals surface area (Å²) in [6, 6.07) is 1.83. The molecule has 0 saturated carbocycles. The molecule has 0 aliphatic carbocycles. The Kier molecular flexibility index (Phi) is 6.43. The largest absolute Gasteiger partial charge is 0.472 e. The summed E-state index contributed by atoms with van der Waals surface area (Å²) in [6.45, 7) is 10.1. The summed E-state index contributed by atoms with van der Waals surface area (Å²) >= 11 is 0. The Balaban J connectivity index is 2.61. The molecule has 0 aromatic carbocycles. The van der Waals surface area contributed by atoms with E-state index >= 15 is 0 Å². The second kappa shape index (κ2) is 7.87. The Bertz CT molecular complexity index is 358. The van der Waals surface area contributed by atoms with Crippen LogP contribution < -0.4 is 10.1 Å². The second-order valence-electron chi connectivity index (χ2n) is 4.19. The predicted molar refractivity (Wildman–Crippen MR) is 72.1 cm³/mol. The first-order valence-electron chi connectivity index (χ1n) is 6.49. The number of hydrogen-bond acceptors (Lipinski definition) is 5. The minimum atomic E-state index is -0.0155. The molecule has 1 aromatic rings. The van der Waals surface area contributed by atoms with Crippen molar-refractivity contribution in [1.82, 2.24) is 9.97 Å². The van der Waals surface area contributed by atoms with Crippen molar-refractivity contribution in [3.63, 3.8) is 0 Å². The van der Waals surface area contributed by atoms with E-state index in [1.807, 2.05) is 26.8 Å². The highest BCUT2D eigenvalue weighted by atomic mass is 16.5. The van der Waals surface area contributed by atoms with Crippen LogP contribution in [0.5, 0.6) is 5.88 Å². The highest BCUT2D eigenvalue weighted by Crippen LogP contribution is 2.13. The van der Waals surface area contributed by atoms with Crippen molar-refractivity contribution in [2.75, 3.05) is 25.1 Å². The predicted octanol–water partition coefficient (Wildman–Crippen LogP) is 2.41. The van der Waals surface area contributed by atoms with Gasteiger partial charge in [-0.2, -0.15) is 4.98 Å². The van der Waals surface area contributed by atoms with Crippen LogP contribution in [-0.2, 0) is 4.74 Å². The number of aromatic nitrogens is 2. The van der Waals surface area contributed by atoms with Crippen molar-refractivity contribution < 1.29 is 9.47 Å². The zero-order valence-corrected chi connectivity index (χ0v) is 11.7. The van der Waals surface area contributed by atoms with Gasteiger partial charge in [0.15, 0.2) is 0 Å². The summed E-state index contributed by atoms with van der Waals surface area (Å²) in [7, 11) is 0. The van der Waals surface area contributed by atoms with Crippen molar-refractivity contribution in [2.45, 2.75) is 40.2 Å². The van der Waals surface area contributed by atoms with Gasteiger partial charge in [-0.05, 0) is 27.2 Å². The van der Waals surface area contributed by atoms with Gasteiger partial charge < -0.3 is 14.8 Å². The molecule has 0 aliphatic rings. The van der Waals surface area contributed by atoms with Crippen molar-refractivity contribution in [2.24, 2.45) is 0 Å². The van der Waals surface area contributed by atoms with Crippen molar-refractivity contribution in [1.29, 1.82) is 0 Å². The van der Waals surface area contributed by atoms with Gasteiger partial charge in [-0.1, -0.05) is 6.92 Å². The van der Waals surface area contributed by atoms with Crippen LogP contribution >= 0.6 is 0 Å². The van der Waals surface area contributed by atoms with Crippen molar-refractivity contribution >= 4 is 5.95 Å². The monoisotopic (exact) mass is 253 g/mol. The summed E-state index contributed by atoms with van der Waals surface area (Å²) in [4.78, 5) is 8.63. The maximum atomic E-state index is 5.70. The van der Waals surface area contributed by atoms with Crippen LogP contribution in [0.15, 0.2) is 6.07 Å². The highest BCUT2D eigenvalue weighted by Gasteiger charge is 2.07. The van der Waals surface area contributed by atoms with Crippen LogP contribution in [0, 0.1) is 6.92 Å². The van der Waals surface area contributed by atoms with E-state index in [4.69, 9.17) is 9.47 Å². The van der Waals surface area contributed by atoms with Gasteiger partial charge in [-0.15, -0.1) is 0 Å². The van der Waals surface area contributed by atoms with E-state index in [9.17, 15) is 0 Å². The van der Waals surface area contributed by atoms with E-state index in [0.717, 1.165) is 18.7 Å². The summed E-state index contributed by atoms with van der Waals surface area (Å²) in [5.41, 5.74) is 0.891. The fourth-order valence-electron chi connectivity index (χ4n) is 1.44. The lowest BCUT2D eigenvalue weighted by atomic mass is 10.4. The topological polar surface area (TPSA) is 56.3 Å². The lowest BCUT2D eigenvalue weighted by Gasteiger charge is -2.14. The summed E-state index contributed by atoms with van der Waals surface area (Å²) in [5.74, 6) is 1.21. The zero-order chi connectivity index (χ0) is 13.4. The zero-order valence-electron chi connectivity index (χ0n) is 11.7. The SMILES string of the molecule is CCCNc1nc(C)cc(OC(C)COCC)n1. The summed E-state index contributed by atoms with van der Waals surface area (Å²) in [5, 5.41) is 3.16. The van der Waals surface area contributed by atoms with Crippen LogP contribution in [0.2, 0.25) is 0 Å². The van der Waals surface area contributed by atoms with Crippen molar-refractivity contribution in [3.8, 4) is 5.88 Å². The Morgan fingerprint density at radius 2 is 2.11 bits per heavy atom. The fourth-order valence-corrected chi connectivity index (χ4v) is 1.44. The van der Waals surface area contributed by atoms with Crippen LogP contribution in [0.3, 0.4) is 0 Å². The number of nitrogens with one attached hydrogen (secondary N) is 1. The van der Waals surface area contributed by atoms with Gasteiger partial charge in [0.25, 0.3) is 0 Å². The first kappa shape index (κ1) is 14.7. The van der Waals surface area contributed by atoms with Gasteiger partial charge in [0, 0.05) is 24.9 Å². The number of ether oxygens (including phenoxy) is 2. The lowest BCUT2D eigenvalue weighted by molar-refractivity contribution is 0.0633. The van der Waals surface area contributed by atoms with Crippen LogP contribution in [0.1, 0.15) is 32.9 Å². The van der Waals surface area contributed by atoms with Crippen LogP contribution in [-0.4, -0.2) is 35.8 Å². The number of anilines is 1. The molecule has 1 atom stereocenters. The molecule has 0 radical (unpaired) electrons. The summed E-state index contributed by atoms with van der Waals surface area (Å²) in [6.07, 6.45) is 1.02. The van der Waals surface area contributed by atoms with E-state index in [1.165, 1.54) is 0 Å². The lowest BCUT2D eigenvalue weighted by Crippen LogP contribution is -2.20. The Morgan fingerprint density at radius 1 is 1.33 bits per heavy atom. The van der Waals surface area contributed by atoms with Gasteiger partial charge in [-0.25, -0.2) is 4.98 Å². The standard InChI is InChI=1S/C13H23N3O2/c1-5-7-14-13-15-10(3)8-12(16-13)18-11(4)9-17-6-2/h8,11H,5-7,9H2,1-4H3,(H,14,15,16). The van der Waals surface area contributed by atoms with Crippen molar-refractivity contribution in [3.05, 3.63) is 11.8 Å². The number of hydrogen-bond donors (Lipinski definition) is 1. The average molecular weight is 253 g/mol. The highest BCUT2D eigenvalue weighted by molar-refractivity contribution is 5.30. The quantitative estimate of drug-likeness (QED) is 0.771. The molecule has 5 heteroatoms. The third-order valence-electron chi connectivity index (χ3n) is 2.24. The molecular weight excluding hydrogens is 230 g/mol. The molecule has 0 saturated heterocycles. The van der Waals surface area contributed by atoms with E-state index in [-0.39, 0.29) is 6.10 Å². The molecule has 1 heterocycles. The Labute approximate surface area is 109 Å². The molecule has 0 fully saturated rings. The Morgan fingerprint density at radius 3 is 2.78 bits per heavy atom. The second-order valence-corrected chi connectivity index (χ2v) is 4.19. The maximum Gasteiger partial charge on any atom is 0.226 e. The fraction of sp³-hybridized carbons (Fsp3) is 0.692. The van der Waals surface area contributed by atoms with E-state index in [1.54, 1.807) is 0 Å². The molecule has 102 valence electrons. The third-order valence-corrected chi connectivity index (χ3v) is 2.24. The van der Waals surface area contributed by atoms with Gasteiger partial charge in [0.1, 0.15) is 6.10 Å². The molecule has 1 rings (SSSR count). The van der Waals surface area contributed by atoms with E-state index < -0.39 is 0 Å². The molecule has 0 amide bonds. The number of aryl methyl sites for hydroxylation is 1. The molecular formula is C13H23N3O2. The van der Waals surface area contributed by atoms with Gasteiger partial charge in [0.05, 0.1) is 6.61 Å². The summed E-state index contributed by atoms with van der Waals surface area (Å²) < 4.78 is 11.0. The third kappa shape index (κ3) is 5.31. The molecule has 5 nitrogen and oxygen atoms in total. The molecule has 0 aliphatic heterocycles. The number of nitrogens with zero attached hydrogens (tertiary/aromatic N) is 2. The molecule has 1 N–H and O–H groups in total. The first-order valence-corrected chi connectivity index (χ1v) is 6.49. The van der Waals surface area contributed by atoms with E-state index in [0.29, 0.717) is 25.0 Å². The normalized spacial score (nSPS) is 12.2. The first-order chi connectivity index (χ1) is 8.65. The molecule has 1 aromatic heterocycles. The van der Waals surface area contributed by atoms with Gasteiger partial charge in [0.2, 0.25) is 11.8 Å². The maximum absolute atomic E-state index is 5.70. The Hall–Kier alpha value is -1.36. The van der Waals surface area contributed by atoms with Gasteiger partial charge >= 0.3 is 0 Å². The molecule has 18 heavy (non-hydrogen) atoms. The minimum absolute atomic E-state index is 0.0155. The smallest absolute Gasteiger partial charge is 0.226 e. The molecule has 1 unspecified atom stereocenters. The van der Waals surface area contributed by atoms with Crippen LogP contribution in [0.4, 0.5) is 5.95 Å². The average Bonchev–Trinajstić information content (AvgIpc) is 2.33. The minimum Gasteiger partial charge on any atom is -0.472 e. The van der Waals surface area contributed by atoms with E-state index in [2.05, 4.69) is 22.2 Å². The van der Waals surface area contributed by atoms with Gasteiger partial charge in [-0.3, -0.25) is 0 Å².